The van der Waals surface area contributed by atoms with E-state index in [1.807, 2.05) is 12.1 Å². The van der Waals surface area contributed by atoms with Crippen LogP contribution in [0.4, 0.5) is 0 Å². The van der Waals surface area contributed by atoms with Crippen molar-refractivity contribution in [3.63, 3.8) is 0 Å². The molecule has 2 unspecified atom stereocenters. The van der Waals surface area contributed by atoms with E-state index in [0.29, 0.717) is 12.6 Å². The quantitative estimate of drug-likeness (QED) is 0.880. The molecule has 1 aromatic carbocycles. The van der Waals surface area contributed by atoms with Gasteiger partial charge in [-0.1, -0.05) is 43.5 Å². The normalized spacial score (nSPS) is 22.4. The van der Waals surface area contributed by atoms with Crippen LogP contribution in [0, 0.1) is 5.92 Å². The second kappa shape index (κ2) is 8.02. The summed E-state index contributed by atoms with van der Waals surface area (Å²) >= 11 is 6.12. The van der Waals surface area contributed by atoms with Crippen molar-refractivity contribution in [3.8, 4) is 0 Å². The van der Waals surface area contributed by atoms with Gasteiger partial charge in [0.15, 0.2) is 0 Å². The van der Waals surface area contributed by atoms with Crippen molar-refractivity contribution in [2.75, 3.05) is 19.6 Å². The number of hydrogen-bond acceptors (Lipinski definition) is 2. The fraction of sp³-hybridized carbons (Fsp3) is 0.647. The van der Waals surface area contributed by atoms with Gasteiger partial charge in [0.05, 0.1) is 0 Å². The number of rotatable bonds is 5. The van der Waals surface area contributed by atoms with Crippen LogP contribution >= 0.6 is 11.6 Å². The van der Waals surface area contributed by atoms with Crippen molar-refractivity contribution >= 4 is 11.6 Å². The number of nitrogens with two attached hydrogens (primary N) is 1. The fourth-order valence-corrected chi connectivity index (χ4v) is 3.60. The van der Waals surface area contributed by atoms with Gasteiger partial charge in [-0.2, -0.15) is 0 Å². The van der Waals surface area contributed by atoms with Crippen molar-refractivity contribution in [3.05, 3.63) is 34.9 Å². The lowest BCUT2D eigenvalue weighted by Gasteiger charge is -2.30. The van der Waals surface area contributed by atoms with Gasteiger partial charge in [0, 0.05) is 17.6 Å². The zero-order chi connectivity index (χ0) is 14.4. The van der Waals surface area contributed by atoms with Gasteiger partial charge in [0.1, 0.15) is 0 Å². The van der Waals surface area contributed by atoms with Crippen LogP contribution in [-0.2, 0) is 0 Å². The van der Waals surface area contributed by atoms with Gasteiger partial charge >= 0.3 is 0 Å². The molecule has 2 nitrogen and oxygen atoms in total. The summed E-state index contributed by atoms with van der Waals surface area (Å²) in [4.78, 5) is 2.56. The number of nitrogens with zero attached hydrogens (tertiary/aromatic N) is 1. The monoisotopic (exact) mass is 294 g/mol. The van der Waals surface area contributed by atoms with Gasteiger partial charge in [-0.05, 0) is 56.0 Å². The molecule has 20 heavy (non-hydrogen) atoms. The van der Waals surface area contributed by atoms with Gasteiger partial charge in [-0.15, -0.1) is 0 Å². The largest absolute Gasteiger partial charge is 0.329 e. The Balaban J connectivity index is 2.04. The van der Waals surface area contributed by atoms with E-state index in [1.54, 1.807) is 0 Å². The Morgan fingerprint density at radius 1 is 1.35 bits per heavy atom. The zero-order valence-electron chi connectivity index (χ0n) is 12.5. The summed E-state index contributed by atoms with van der Waals surface area (Å²) in [6.07, 6.45) is 6.65. The van der Waals surface area contributed by atoms with Crippen LogP contribution in [0.5, 0.6) is 0 Å². The first-order valence-electron chi connectivity index (χ1n) is 7.94. The lowest BCUT2D eigenvalue weighted by atomic mass is 9.96. The zero-order valence-corrected chi connectivity index (χ0v) is 13.3. The third-order valence-electron chi connectivity index (χ3n) is 4.48. The first-order chi connectivity index (χ1) is 9.74. The Morgan fingerprint density at radius 3 is 2.90 bits per heavy atom. The fourth-order valence-electron chi connectivity index (χ4n) is 3.41. The number of hydrogen-bond donors (Lipinski definition) is 1. The molecular formula is C17H27ClN2. The maximum atomic E-state index is 6.12. The Hall–Kier alpha value is -0.570. The molecule has 1 saturated heterocycles. The SMILES string of the molecule is CCCC1CCCN(C(CN)c2cccc(Cl)c2)CC1. The van der Waals surface area contributed by atoms with Crippen LogP contribution in [0.2, 0.25) is 5.02 Å². The highest BCUT2D eigenvalue weighted by Gasteiger charge is 2.23. The predicted molar refractivity (Wildman–Crippen MR) is 87.1 cm³/mol. The standard InChI is InChI=1S/C17H27ClN2/c1-2-5-14-6-4-10-20(11-9-14)17(13-19)15-7-3-8-16(18)12-15/h3,7-8,12,14,17H,2,4-6,9-11,13,19H2,1H3. The second-order valence-electron chi connectivity index (χ2n) is 5.93. The van der Waals surface area contributed by atoms with Crippen molar-refractivity contribution in [1.82, 2.24) is 4.90 Å². The van der Waals surface area contributed by atoms with Crippen LogP contribution in [0.1, 0.15) is 50.6 Å². The lowest BCUT2D eigenvalue weighted by Crippen LogP contribution is -2.34. The van der Waals surface area contributed by atoms with Crippen LogP contribution in [0.3, 0.4) is 0 Å². The van der Waals surface area contributed by atoms with E-state index in [4.69, 9.17) is 17.3 Å². The van der Waals surface area contributed by atoms with Gasteiger partial charge in [-0.3, -0.25) is 4.90 Å². The van der Waals surface area contributed by atoms with E-state index in [9.17, 15) is 0 Å². The highest BCUT2D eigenvalue weighted by molar-refractivity contribution is 6.30. The molecule has 2 atom stereocenters. The Kier molecular flexibility index (Phi) is 6.34. The summed E-state index contributed by atoms with van der Waals surface area (Å²) in [6.45, 7) is 5.28. The highest BCUT2D eigenvalue weighted by Crippen LogP contribution is 2.28. The van der Waals surface area contributed by atoms with E-state index >= 15 is 0 Å². The van der Waals surface area contributed by atoms with E-state index in [-0.39, 0.29) is 0 Å². The molecule has 0 amide bonds. The molecule has 1 aliphatic heterocycles. The van der Waals surface area contributed by atoms with E-state index < -0.39 is 0 Å². The molecule has 0 radical (unpaired) electrons. The summed E-state index contributed by atoms with van der Waals surface area (Å²) < 4.78 is 0. The Labute approximate surface area is 128 Å². The highest BCUT2D eigenvalue weighted by atomic mass is 35.5. The smallest absolute Gasteiger partial charge is 0.0470 e. The van der Waals surface area contributed by atoms with Crippen LogP contribution in [-0.4, -0.2) is 24.5 Å². The minimum absolute atomic E-state index is 0.314. The van der Waals surface area contributed by atoms with E-state index in [2.05, 4.69) is 24.0 Å². The topological polar surface area (TPSA) is 29.3 Å². The number of likely N-dealkylation sites (tertiary alicyclic amines) is 1. The van der Waals surface area contributed by atoms with Crippen LogP contribution < -0.4 is 5.73 Å². The molecule has 3 heteroatoms. The summed E-state index contributed by atoms with van der Waals surface area (Å²) in [5, 5.41) is 0.805. The number of halogens is 1. The molecule has 0 spiro atoms. The van der Waals surface area contributed by atoms with Crippen LogP contribution in [0.25, 0.3) is 0 Å². The summed E-state index contributed by atoms with van der Waals surface area (Å²) in [6, 6.07) is 8.48. The minimum Gasteiger partial charge on any atom is -0.329 e. The third kappa shape index (κ3) is 4.21. The molecule has 2 N–H and O–H groups in total. The molecule has 0 aliphatic carbocycles. The minimum atomic E-state index is 0.314. The Morgan fingerprint density at radius 2 is 2.20 bits per heavy atom. The van der Waals surface area contributed by atoms with Crippen LogP contribution in [0.15, 0.2) is 24.3 Å². The molecule has 1 aromatic rings. The van der Waals surface area contributed by atoms with Crippen molar-refractivity contribution in [2.24, 2.45) is 11.7 Å². The molecule has 0 bridgehead atoms. The summed E-state index contributed by atoms with van der Waals surface area (Å²) in [7, 11) is 0. The van der Waals surface area contributed by atoms with Gasteiger partial charge in [0.25, 0.3) is 0 Å². The molecule has 2 rings (SSSR count). The average Bonchev–Trinajstić information content (AvgIpc) is 2.66. The molecular weight excluding hydrogens is 268 g/mol. The van der Waals surface area contributed by atoms with Gasteiger partial charge < -0.3 is 5.73 Å². The number of benzene rings is 1. The second-order valence-corrected chi connectivity index (χ2v) is 6.36. The summed E-state index contributed by atoms with van der Waals surface area (Å²) in [5.74, 6) is 0.905. The molecule has 1 heterocycles. The van der Waals surface area contributed by atoms with Crippen molar-refractivity contribution in [1.29, 1.82) is 0 Å². The van der Waals surface area contributed by atoms with Crippen molar-refractivity contribution in [2.45, 2.75) is 45.1 Å². The third-order valence-corrected chi connectivity index (χ3v) is 4.71. The van der Waals surface area contributed by atoms with E-state index in [1.165, 1.54) is 44.2 Å². The van der Waals surface area contributed by atoms with E-state index in [0.717, 1.165) is 17.5 Å². The lowest BCUT2D eigenvalue weighted by molar-refractivity contribution is 0.206. The first-order valence-corrected chi connectivity index (χ1v) is 8.32. The average molecular weight is 295 g/mol. The maximum Gasteiger partial charge on any atom is 0.0470 e. The molecule has 1 fully saturated rings. The first kappa shape index (κ1) is 15.8. The van der Waals surface area contributed by atoms with Crippen molar-refractivity contribution < 1.29 is 0 Å². The molecule has 112 valence electrons. The molecule has 0 aromatic heterocycles. The van der Waals surface area contributed by atoms with Gasteiger partial charge in [0.2, 0.25) is 0 Å². The maximum absolute atomic E-state index is 6.12. The molecule has 1 aliphatic rings. The molecule has 0 saturated carbocycles. The Bertz CT molecular complexity index is 408. The summed E-state index contributed by atoms with van der Waals surface area (Å²) in [5.41, 5.74) is 7.30. The van der Waals surface area contributed by atoms with Gasteiger partial charge in [-0.25, -0.2) is 0 Å². The predicted octanol–water partition coefficient (Wildman–Crippen LogP) is 4.24.